The van der Waals surface area contributed by atoms with Crippen molar-refractivity contribution in [2.45, 2.75) is 20.8 Å². The van der Waals surface area contributed by atoms with Gasteiger partial charge in [0.2, 0.25) is 0 Å². The van der Waals surface area contributed by atoms with Crippen LogP contribution in [0.4, 0.5) is 0 Å². The first kappa shape index (κ1) is 16.8. The van der Waals surface area contributed by atoms with Crippen LogP contribution in [0.2, 0.25) is 0 Å². The van der Waals surface area contributed by atoms with Crippen molar-refractivity contribution < 1.29 is 9.53 Å². The summed E-state index contributed by atoms with van der Waals surface area (Å²) in [6.45, 7) is 10.7. The second kappa shape index (κ2) is 8.80. The molecule has 0 spiro atoms. The molecule has 1 aromatic rings. The molecule has 2 rings (SSSR count). The third-order valence-electron chi connectivity index (χ3n) is 2.93. The van der Waals surface area contributed by atoms with Crippen LogP contribution < -0.4 is 10.1 Å². The van der Waals surface area contributed by atoms with Crippen LogP contribution in [0.15, 0.2) is 49.1 Å². The quantitative estimate of drug-likeness (QED) is 0.853. The Labute approximate surface area is 127 Å². The minimum absolute atomic E-state index is 0.0808. The molecule has 1 aromatic carbocycles. The highest BCUT2D eigenvalue weighted by molar-refractivity contribution is 5.97. The van der Waals surface area contributed by atoms with Crippen LogP contribution in [0.25, 0.3) is 5.57 Å². The van der Waals surface area contributed by atoms with Gasteiger partial charge in [0.1, 0.15) is 12.4 Å². The van der Waals surface area contributed by atoms with Crippen LogP contribution in [0.1, 0.15) is 36.7 Å². The van der Waals surface area contributed by atoms with Crippen molar-refractivity contribution in [1.82, 2.24) is 5.32 Å². The second-order valence-electron chi connectivity index (χ2n) is 4.15. The molecule has 112 valence electrons. The number of fused-ring (bicyclic) bond motifs is 1. The summed E-state index contributed by atoms with van der Waals surface area (Å²) < 4.78 is 5.60. The summed E-state index contributed by atoms with van der Waals surface area (Å²) >= 11 is 0. The lowest BCUT2D eigenvalue weighted by Crippen LogP contribution is -2.24. The number of hydrogen-bond donors (Lipinski definition) is 1. The van der Waals surface area contributed by atoms with E-state index in [9.17, 15) is 4.79 Å². The van der Waals surface area contributed by atoms with E-state index >= 15 is 0 Å². The number of amides is 1. The van der Waals surface area contributed by atoms with E-state index in [1.54, 1.807) is 12.1 Å². The van der Waals surface area contributed by atoms with E-state index < -0.39 is 0 Å². The van der Waals surface area contributed by atoms with Crippen molar-refractivity contribution in [2.24, 2.45) is 0 Å². The van der Waals surface area contributed by atoms with Gasteiger partial charge >= 0.3 is 0 Å². The maximum atomic E-state index is 11.8. The maximum Gasteiger partial charge on any atom is 0.255 e. The smallest absolute Gasteiger partial charge is 0.255 e. The summed E-state index contributed by atoms with van der Waals surface area (Å²) in [4.78, 5) is 11.8. The van der Waals surface area contributed by atoms with Gasteiger partial charge in [0.25, 0.3) is 5.91 Å². The molecule has 0 radical (unpaired) electrons. The average molecular weight is 285 g/mol. The molecule has 0 fully saturated rings. The summed E-state index contributed by atoms with van der Waals surface area (Å²) in [5.74, 6) is 0.557. The van der Waals surface area contributed by atoms with Crippen molar-refractivity contribution in [3.05, 3.63) is 60.2 Å². The van der Waals surface area contributed by atoms with Gasteiger partial charge in [-0.3, -0.25) is 4.79 Å². The first-order valence-corrected chi connectivity index (χ1v) is 7.27. The molecule has 1 heterocycles. The van der Waals surface area contributed by atoms with E-state index in [0.29, 0.717) is 24.5 Å². The first-order valence-electron chi connectivity index (χ1n) is 7.27. The van der Waals surface area contributed by atoms with Crippen LogP contribution in [0, 0.1) is 0 Å². The van der Waals surface area contributed by atoms with Gasteiger partial charge in [0.05, 0.1) is 12.1 Å². The molecule has 3 heteroatoms. The zero-order valence-corrected chi connectivity index (χ0v) is 13.0. The minimum atomic E-state index is -0.0808. The Hall–Kier alpha value is -2.29. The van der Waals surface area contributed by atoms with E-state index in [-0.39, 0.29) is 5.91 Å². The molecule has 21 heavy (non-hydrogen) atoms. The van der Waals surface area contributed by atoms with Crippen molar-refractivity contribution >= 4 is 11.5 Å². The Morgan fingerprint density at radius 1 is 1.38 bits per heavy atom. The van der Waals surface area contributed by atoms with E-state index in [1.807, 2.05) is 51.1 Å². The molecule has 0 saturated heterocycles. The largest absolute Gasteiger partial charge is 0.491 e. The van der Waals surface area contributed by atoms with Crippen LogP contribution in [0.5, 0.6) is 5.75 Å². The fourth-order valence-electron chi connectivity index (χ4n) is 1.96. The first-order chi connectivity index (χ1) is 10.3. The van der Waals surface area contributed by atoms with Crippen LogP contribution >= 0.6 is 0 Å². The van der Waals surface area contributed by atoms with Crippen LogP contribution in [-0.2, 0) is 0 Å². The van der Waals surface area contributed by atoms with E-state index in [4.69, 9.17) is 4.74 Å². The zero-order chi connectivity index (χ0) is 15.7. The molecule has 0 bridgehead atoms. The second-order valence-corrected chi connectivity index (χ2v) is 4.15. The fraction of sp³-hybridized carbons (Fsp3) is 0.278. The number of nitrogens with one attached hydrogen (secondary N) is 1. The van der Waals surface area contributed by atoms with Gasteiger partial charge in [-0.2, -0.15) is 0 Å². The van der Waals surface area contributed by atoms with Gasteiger partial charge in [-0.05, 0) is 30.2 Å². The average Bonchev–Trinajstić information content (AvgIpc) is 2.72. The molecular weight excluding hydrogens is 262 g/mol. The molecule has 3 nitrogen and oxygen atoms in total. The number of rotatable bonds is 3. The van der Waals surface area contributed by atoms with E-state index in [0.717, 1.165) is 11.1 Å². The molecule has 1 aliphatic heterocycles. The Kier molecular flexibility index (Phi) is 7.02. The summed E-state index contributed by atoms with van der Waals surface area (Å²) in [7, 11) is 0. The van der Waals surface area contributed by atoms with Gasteiger partial charge in [-0.25, -0.2) is 0 Å². The SMILES string of the molecule is C=C/C=C\C(=C/C)c1ccc2c(c1)OCCNC2=O.CC. The molecule has 0 aliphatic carbocycles. The standard InChI is InChI=1S/C16H17NO2.C2H6/c1-3-5-6-12(4-2)13-7-8-14-15(11-13)19-10-9-17-16(14)18;1-2/h3-8,11H,1,9-10H2,2H3,(H,17,18);1-2H3/b6-5-,12-4+;. The number of hydrogen-bond acceptors (Lipinski definition) is 2. The Balaban J connectivity index is 0.00000106. The number of carbonyl (C=O) groups excluding carboxylic acids is 1. The molecule has 0 saturated carbocycles. The van der Waals surface area contributed by atoms with Gasteiger partial charge in [-0.15, -0.1) is 0 Å². The van der Waals surface area contributed by atoms with Crippen LogP contribution in [-0.4, -0.2) is 19.1 Å². The Morgan fingerprint density at radius 3 is 2.81 bits per heavy atom. The molecule has 0 atom stereocenters. The number of benzene rings is 1. The predicted octanol–water partition coefficient (Wildman–Crippen LogP) is 3.98. The number of allylic oxidation sites excluding steroid dienone is 5. The third kappa shape index (κ3) is 4.35. The fourth-order valence-corrected chi connectivity index (χ4v) is 1.96. The summed E-state index contributed by atoms with van der Waals surface area (Å²) in [5.41, 5.74) is 2.68. The number of ether oxygens (including phenoxy) is 1. The lowest BCUT2D eigenvalue weighted by Gasteiger charge is -2.09. The van der Waals surface area contributed by atoms with Gasteiger partial charge in [0, 0.05) is 0 Å². The van der Waals surface area contributed by atoms with Crippen molar-refractivity contribution in [2.75, 3.05) is 13.2 Å². The number of carbonyl (C=O) groups is 1. The van der Waals surface area contributed by atoms with Gasteiger partial charge in [0.15, 0.2) is 0 Å². The highest BCUT2D eigenvalue weighted by Gasteiger charge is 2.16. The van der Waals surface area contributed by atoms with E-state index in [1.165, 1.54) is 0 Å². The normalized spacial score (nSPS) is 14.2. The maximum absolute atomic E-state index is 11.8. The van der Waals surface area contributed by atoms with Crippen molar-refractivity contribution in [1.29, 1.82) is 0 Å². The summed E-state index contributed by atoms with van der Waals surface area (Å²) in [6.07, 6.45) is 7.61. The molecule has 0 aromatic heterocycles. The van der Waals surface area contributed by atoms with Crippen molar-refractivity contribution in [3.8, 4) is 5.75 Å². The highest BCUT2D eigenvalue weighted by atomic mass is 16.5. The highest BCUT2D eigenvalue weighted by Crippen LogP contribution is 2.26. The topological polar surface area (TPSA) is 38.3 Å². The van der Waals surface area contributed by atoms with E-state index in [2.05, 4.69) is 11.9 Å². The third-order valence-corrected chi connectivity index (χ3v) is 2.93. The Bertz CT molecular complexity index is 556. The predicted molar refractivity (Wildman–Crippen MR) is 88.6 cm³/mol. The monoisotopic (exact) mass is 285 g/mol. The molecular formula is C18H23NO2. The molecule has 0 unspecified atom stereocenters. The van der Waals surface area contributed by atoms with Gasteiger partial charge in [-0.1, -0.05) is 50.8 Å². The van der Waals surface area contributed by atoms with Crippen LogP contribution in [0.3, 0.4) is 0 Å². The molecule has 1 N–H and O–H groups in total. The Morgan fingerprint density at radius 2 is 2.14 bits per heavy atom. The van der Waals surface area contributed by atoms with Crippen molar-refractivity contribution in [3.63, 3.8) is 0 Å². The lowest BCUT2D eigenvalue weighted by atomic mass is 10.0. The zero-order valence-electron chi connectivity index (χ0n) is 13.0. The molecule has 1 aliphatic rings. The molecule has 1 amide bonds. The summed E-state index contributed by atoms with van der Waals surface area (Å²) in [5, 5.41) is 2.79. The minimum Gasteiger partial charge on any atom is -0.491 e. The van der Waals surface area contributed by atoms with Gasteiger partial charge < -0.3 is 10.1 Å². The lowest BCUT2D eigenvalue weighted by molar-refractivity contribution is 0.0957. The summed E-state index contributed by atoms with van der Waals surface area (Å²) in [6, 6.07) is 5.63.